The molecule has 0 spiro atoms. The Hall–Kier alpha value is -4.30. The summed E-state index contributed by atoms with van der Waals surface area (Å²) in [4.78, 5) is 5.53. The summed E-state index contributed by atoms with van der Waals surface area (Å²) in [5, 5.41) is 0. The summed E-state index contributed by atoms with van der Waals surface area (Å²) in [6, 6.07) is 20.1. The maximum absolute atomic E-state index is 2.79. The molecule has 2 nitrogen and oxygen atoms in total. The molecule has 0 aromatic heterocycles. The van der Waals surface area contributed by atoms with Gasteiger partial charge in [0.2, 0.25) is 0 Å². The maximum Gasteiger partial charge on any atom is 0.0626 e. The number of anilines is 2. The van der Waals surface area contributed by atoms with E-state index in [1.165, 1.54) is 112 Å². The van der Waals surface area contributed by atoms with E-state index in [0.29, 0.717) is 41.8 Å². The highest BCUT2D eigenvalue weighted by atomic mass is 15.2. The molecule has 1 heterocycles. The van der Waals surface area contributed by atoms with Crippen LogP contribution < -0.4 is 9.80 Å². The largest absolute Gasteiger partial charge is 0.358 e. The van der Waals surface area contributed by atoms with Crippen LogP contribution in [0.15, 0.2) is 150 Å². The van der Waals surface area contributed by atoms with Gasteiger partial charge in [0.05, 0.1) is 12.1 Å². The average Bonchev–Trinajstić information content (AvgIpc) is 3.59. The average molecular weight is 711 g/mol. The second-order valence-electron chi connectivity index (χ2n) is 17.4. The van der Waals surface area contributed by atoms with Crippen molar-refractivity contribution in [1.82, 2.24) is 0 Å². The number of allylic oxidation sites excluding steroid dienone is 13. The molecular formula is C52H58N2. The van der Waals surface area contributed by atoms with Crippen molar-refractivity contribution in [1.29, 1.82) is 0 Å². The van der Waals surface area contributed by atoms with Gasteiger partial charge in [-0.05, 0) is 154 Å². The van der Waals surface area contributed by atoms with Gasteiger partial charge in [-0.1, -0.05) is 115 Å². The van der Waals surface area contributed by atoms with E-state index in [0.717, 1.165) is 12.3 Å². The first-order valence-corrected chi connectivity index (χ1v) is 21.7. The molecule has 2 aromatic carbocycles. The molecule has 0 saturated carbocycles. The summed E-state index contributed by atoms with van der Waals surface area (Å²) in [7, 11) is 0. The van der Waals surface area contributed by atoms with Crippen molar-refractivity contribution >= 4 is 16.9 Å². The molecule has 0 radical (unpaired) electrons. The predicted molar refractivity (Wildman–Crippen MR) is 228 cm³/mol. The highest BCUT2D eigenvalue weighted by molar-refractivity contribution is 5.72. The normalized spacial score (nSPS) is 32.6. The summed E-state index contributed by atoms with van der Waals surface area (Å²) in [6.45, 7) is 0. The number of hydrogen-bond acceptors (Lipinski definition) is 2. The van der Waals surface area contributed by atoms with Crippen LogP contribution in [0.25, 0.3) is 5.57 Å². The second-order valence-corrected chi connectivity index (χ2v) is 17.4. The highest BCUT2D eigenvalue weighted by Gasteiger charge is 2.42. The van der Waals surface area contributed by atoms with E-state index in [1.807, 2.05) is 0 Å². The number of benzene rings is 2. The Kier molecular flexibility index (Phi) is 9.56. The predicted octanol–water partition coefficient (Wildman–Crippen LogP) is 13.1. The van der Waals surface area contributed by atoms with Crippen LogP contribution in [0, 0.1) is 23.7 Å². The van der Waals surface area contributed by atoms with Gasteiger partial charge in [-0.15, -0.1) is 0 Å². The molecule has 54 heavy (non-hydrogen) atoms. The second kappa shape index (κ2) is 15.1. The number of nitrogens with zero attached hydrogens (tertiary/aromatic N) is 2. The van der Waals surface area contributed by atoms with Gasteiger partial charge in [0.25, 0.3) is 0 Å². The zero-order chi connectivity index (χ0) is 35.8. The fourth-order valence-corrected chi connectivity index (χ4v) is 11.6. The minimum Gasteiger partial charge on any atom is -0.358 e. The van der Waals surface area contributed by atoms with Crippen molar-refractivity contribution in [2.24, 2.45) is 23.7 Å². The number of fused-ring (bicyclic) bond motifs is 4. The van der Waals surface area contributed by atoms with E-state index in [-0.39, 0.29) is 0 Å². The Morgan fingerprint density at radius 3 is 2.37 bits per heavy atom. The summed E-state index contributed by atoms with van der Waals surface area (Å²) in [5.41, 5.74) is 12.0. The van der Waals surface area contributed by atoms with Gasteiger partial charge in [-0.3, -0.25) is 0 Å². The van der Waals surface area contributed by atoms with E-state index in [2.05, 4.69) is 143 Å². The molecule has 276 valence electrons. The zero-order valence-corrected chi connectivity index (χ0v) is 32.1. The molecule has 0 fully saturated rings. The first-order valence-electron chi connectivity index (χ1n) is 21.7. The van der Waals surface area contributed by atoms with E-state index in [4.69, 9.17) is 0 Å². The summed E-state index contributed by atoms with van der Waals surface area (Å²) < 4.78 is 0. The molecule has 2 aromatic rings. The molecule has 0 N–H and O–H groups in total. The number of para-hydroxylation sites is 1. The molecule has 0 saturated heterocycles. The van der Waals surface area contributed by atoms with Gasteiger partial charge in [0.15, 0.2) is 0 Å². The summed E-state index contributed by atoms with van der Waals surface area (Å²) >= 11 is 0. The minimum absolute atomic E-state index is 0.376. The molecule has 10 rings (SSSR count). The van der Waals surface area contributed by atoms with Gasteiger partial charge >= 0.3 is 0 Å². The van der Waals surface area contributed by atoms with Crippen molar-refractivity contribution < 1.29 is 0 Å². The van der Waals surface area contributed by atoms with Gasteiger partial charge in [0, 0.05) is 34.9 Å². The Bertz CT molecular complexity index is 1990. The van der Waals surface area contributed by atoms with Crippen LogP contribution in [0.3, 0.4) is 0 Å². The molecule has 8 unspecified atom stereocenters. The molecule has 8 atom stereocenters. The van der Waals surface area contributed by atoms with E-state index in [1.54, 1.807) is 16.8 Å². The van der Waals surface area contributed by atoms with Crippen molar-refractivity contribution in [3.63, 3.8) is 0 Å². The van der Waals surface area contributed by atoms with Gasteiger partial charge in [-0.2, -0.15) is 0 Å². The van der Waals surface area contributed by atoms with Crippen molar-refractivity contribution in [2.75, 3.05) is 9.80 Å². The Morgan fingerprint density at radius 2 is 1.52 bits per heavy atom. The number of hydrogen-bond donors (Lipinski definition) is 0. The lowest BCUT2D eigenvalue weighted by Gasteiger charge is -2.43. The van der Waals surface area contributed by atoms with Crippen molar-refractivity contribution in [3.05, 3.63) is 162 Å². The third kappa shape index (κ3) is 6.48. The monoisotopic (exact) mass is 710 g/mol. The van der Waals surface area contributed by atoms with E-state index >= 15 is 0 Å². The lowest BCUT2D eigenvalue weighted by Crippen LogP contribution is -2.44. The fourth-order valence-electron chi connectivity index (χ4n) is 11.6. The van der Waals surface area contributed by atoms with Gasteiger partial charge in [-0.25, -0.2) is 0 Å². The molecule has 2 heteroatoms. The molecule has 8 aliphatic rings. The SMILES string of the molecule is C1=CC2c3ccccc3N(C3=CCCCC3C3C=CC(N(c4ccc(C5=CC6=CCCCC6CC5)cc4)C4C=CC(C5CC=CCC5)=CC4)CC3)C2C=C1. The quantitative estimate of drug-likeness (QED) is 0.264. The Morgan fingerprint density at radius 1 is 0.630 bits per heavy atom. The molecular weight excluding hydrogens is 653 g/mol. The lowest BCUT2D eigenvalue weighted by atomic mass is 9.75. The maximum atomic E-state index is 2.79. The minimum atomic E-state index is 0.376. The van der Waals surface area contributed by atoms with E-state index in [9.17, 15) is 0 Å². The molecule has 0 amide bonds. The van der Waals surface area contributed by atoms with Crippen LogP contribution >= 0.6 is 0 Å². The smallest absolute Gasteiger partial charge is 0.0626 e. The topological polar surface area (TPSA) is 6.48 Å². The van der Waals surface area contributed by atoms with Gasteiger partial charge < -0.3 is 9.80 Å². The van der Waals surface area contributed by atoms with Crippen molar-refractivity contribution in [3.8, 4) is 0 Å². The summed E-state index contributed by atoms with van der Waals surface area (Å²) in [6.07, 6.45) is 52.3. The van der Waals surface area contributed by atoms with Crippen LogP contribution in [0.2, 0.25) is 0 Å². The standard InChI is InChI=1S/C52H58N2/c1-2-12-37(13-3-1)39-24-30-44(31-25-39)53(45-32-26-40(27-33-45)43-23-22-38-14-4-5-15-42(38)36-43)46-34-28-41(29-35-46)47-16-6-9-19-50(47)54-51-20-10-7-17-48(51)49-18-8-11-21-52(49)54/h1-2,7-8,10-11,15,17-21,24-28,30,32-34,36-38,41,44,46-48,51H,3-6,9,12-14,16,22-23,29,31,35H2. The van der Waals surface area contributed by atoms with Gasteiger partial charge in [0.1, 0.15) is 0 Å². The molecule has 0 bridgehead atoms. The van der Waals surface area contributed by atoms with Crippen LogP contribution in [0.4, 0.5) is 11.4 Å². The van der Waals surface area contributed by atoms with Crippen molar-refractivity contribution in [2.45, 2.75) is 114 Å². The molecule has 1 aliphatic heterocycles. The fraction of sp³-hybridized carbons (Fsp3) is 0.423. The number of rotatable bonds is 7. The zero-order valence-electron chi connectivity index (χ0n) is 32.1. The first kappa shape index (κ1) is 34.2. The highest BCUT2D eigenvalue weighted by Crippen LogP contribution is 2.50. The van der Waals surface area contributed by atoms with E-state index < -0.39 is 0 Å². The molecule has 7 aliphatic carbocycles. The Balaban J connectivity index is 0.919. The van der Waals surface area contributed by atoms with Crippen LogP contribution in [-0.2, 0) is 0 Å². The van der Waals surface area contributed by atoms with Crippen LogP contribution in [0.1, 0.15) is 107 Å². The van der Waals surface area contributed by atoms with Crippen LogP contribution in [0.5, 0.6) is 0 Å². The lowest BCUT2D eigenvalue weighted by molar-refractivity contribution is 0.341. The first-order chi connectivity index (χ1) is 26.8. The summed E-state index contributed by atoms with van der Waals surface area (Å²) in [5.74, 6) is 3.08. The Labute approximate surface area is 324 Å². The third-order valence-corrected chi connectivity index (χ3v) is 14.4. The third-order valence-electron chi connectivity index (χ3n) is 14.4. The van der Waals surface area contributed by atoms with Crippen LogP contribution in [-0.4, -0.2) is 18.1 Å².